The number of hydrogen-bond donors (Lipinski definition) is 2. The van der Waals surface area contributed by atoms with Crippen LogP contribution < -0.4 is 4.72 Å². The molecule has 1 aromatic rings. The van der Waals surface area contributed by atoms with Crippen molar-refractivity contribution < 1.29 is 18.3 Å². The summed E-state index contributed by atoms with van der Waals surface area (Å²) in [5, 5.41) is 8.79. The molecule has 0 aliphatic carbocycles. The number of anilines is 1. The van der Waals surface area contributed by atoms with Crippen molar-refractivity contribution in [3.63, 3.8) is 0 Å². The fourth-order valence-electron chi connectivity index (χ4n) is 1.42. The number of rotatable bonds is 5. The number of benzene rings is 1. The summed E-state index contributed by atoms with van der Waals surface area (Å²) in [6, 6.07) is 6.72. The lowest BCUT2D eigenvalue weighted by Gasteiger charge is -2.08. The monoisotopic (exact) mass is 257 g/mol. The van der Waals surface area contributed by atoms with Gasteiger partial charge in [0.15, 0.2) is 0 Å². The summed E-state index contributed by atoms with van der Waals surface area (Å²) >= 11 is 0. The number of aliphatic carboxylic acids is 1. The molecule has 0 aliphatic rings. The molecule has 0 aliphatic heterocycles. The molecule has 94 valence electrons. The molecule has 0 fully saturated rings. The lowest BCUT2D eigenvalue weighted by Crippen LogP contribution is -2.13. The van der Waals surface area contributed by atoms with Gasteiger partial charge in [0.2, 0.25) is 10.0 Å². The highest BCUT2D eigenvalue weighted by Gasteiger charge is 2.12. The van der Waals surface area contributed by atoms with Crippen molar-refractivity contribution in [2.45, 2.75) is 13.3 Å². The molecule has 1 unspecified atom stereocenters. The third kappa shape index (κ3) is 4.86. The molecule has 6 heteroatoms. The second-order valence-corrected chi connectivity index (χ2v) is 5.77. The van der Waals surface area contributed by atoms with Gasteiger partial charge < -0.3 is 5.11 Å². The normalized spacial score (nSPS) is 13.1. The first-order chi connectivity index (χ1) is 7.78. The summed E-state index contributed by atoms with van der Waals surface area (Å²) in [5.41, 5.74) is 1.23. The summed E-state index contributed by atoms with van der Waals surface area (Å²) in [4.78, 5) is 10.7. The average molecular weight is 257 g/mol. The highest BCUT2D eigenvalue weighted by molar-refractivity contribution is 7.92. The van der Waals surface area contributed by atoms with Crippen molar-refractivity contribution >= 4 is 21.7 Å². The van der Waals surface area contributed by atoms with Gasteiger partial charge in [-0.1, -0.05) is 19.1 Å². The van der Waals surface area contributed by atoms with Gasteiger partial charge in [-0.05, 0) is 24.1 Å². The largest absolute Gasteiger partial charge is 0.481 e. The van der Waals surface area contributed by atoms with Crippen LogP contribution in [-0.2, 0) is 21.2 Å². The maximum absolute atomic E-state index is 11.0. The summed E-state index contributed by atoms with van der Waals surface area (Å²) in [7, 11) is -3.31. The minimum Gasteiger partial charge on any atom is -0.481 e. The van der Waals surface area contributed by atoms with Crippen molar-refractivity contribution in [2.75, 3.05) is 11.0 Å². The number of carboxylic acid groups (broad SMARTS) is 1. The third-order valence-corrected chi connectivity index (χ3v) is 2.80. The van der Waals surface area contributed by atoms with E-state index in [1.807, 2.05) is 0 Å². The summed E-state index contributed by atoms with van der Waals surface area (Å²) in [5.74, 6) is -1.37. The fourth-order valence-corrected chi connectivity index (χ4v) is 1.97. The van der Waals surface area contributed by atoms with E-state index >= 15 is 0 Å². The second kappa shape index (κ2) is 5.18. The Morgan fingerprint density at radius 3 is 2.65 bits per heavy atom. The lowest BCUT2D eigenvalue weighted by atomic mass is 10.0. The van der Waals surface area contributed by atoms with Crippen LogP contribution in [0.15, 0.2) is 24.3 Å². The molecule has 0 amide bonds. The van der Waals surface area contributed by atoms with E-state index in [-0.39, 0.29) is 0 Å². The Labute approximate surface area is 101 Å². The Hall–Kier alpha value is -1.56. The first kappa shape index (κ1) is 13.5. The molecule has 2 N–H and O–H groups in total. The van der Waals surface area contributed by atoms with Crippen molar-refractivity contribution in [3.8, 4) is 0 Å². The van der Waals surface area contributed by atoms with Crippen LogP contribution in [0.4, 0.5) is 5.69 Å². The SMILES string of the molecule is CC(Cc1cccc(NS(C)(=O)=O)c1)C(=O)O. The zero-order chi connectivity index (χ0) is 13.1. The summed E-state index contributed by atoms with van der Waals surface area (Å²) < 4.78 is 24.4. The van der Waals surface area contributed by atoms with Crippen LogP contribution in [0, 0.1) is 5.92 Å². The van der Waals surface area contributed by atoms with Gasteiger partial charge in [-0.3, -0.25) is 9.52 Å². The van der Waals surface area contributed by atoms with Gasteiger partial charge >= 0.3 is 5.97 Å². The van der Waals surface area contributed by atoms with Crippen LogP contribution >= 0.6 is 0 Å². The molecule has 0 heterocycles. The maximum atomic E-state index is 11.0. The van der Waals surface area contributed by atoms with Crippen LogP contribution in [0.1, 0.15) is 12.5 Å². The highest BCUT2D eigenvalue weighted by atomic mass is 32.2. The number of carboxylic acids is 1. The van der Waals surface area contributed by atoms with Gasteiger partial charge in [-0.15, -0.1) is 0 Å². The van der Waals surface area contributed by atoms with E-state index < -0.39 is 21.9 Å². The Morgan fingerprint density at radius 1 is 1.47 bits per heavy atom. The van der Waals surface area contributed by atoms with Gasteiger partial charge in [0.05, 0.1) is 12.2 Å². The van der Waals surface area contributed by atoms with Crippen LogP contribution in [0.2, 0.25) is 0 Å². The Balaban J connectivity index is 2.83. The van der Waals surface area contributed by atoms with Gasteiger partial charge in [-0.2, -0.15) is 0 Å². The zero-order valence-electron chi connectivity index (χ0n) is 9.67. The molecule has 0 bridgehead atoms. The first-order valence-electron chi connectivity index (χ1n) is 5.07. The van der Waals surface area contributed by atoms with E-state index in [9.17, 15) is 13.2 Å². The van der Waals surface area contributed by atoms with Gasteiger partial charge in [-0.25, -0.2) is 8.42 Å². The van der Waals surface area contributed by atoms with Crippen LogP contribution in [0.25, 0.3) is 0 Å². The molecule has 0 radical (unpaired) electrons. The van der Waals surface area contributed by atoms with E-state index in [1.54, 1.807) is 31.2 Å². The van der Waals surface area contributed by atoms with E-state index in [2.05, 4.69) is 4.72 Å². The highest BCUT2D eigenvalue weighted by Crippen LogP contribution is 2.15. The molecule has 5 nitrogen and oxygen atoms in total. The summed E-state index contributed by atoms with van der Waals surface area (Å²) in [6.07, 6.45) is 1.44. The molecule has 0 saturated heterocycles. The van der Waals surface area contributed by atoms with Crippen LogP contribution in [0.5, 0.6) is 0 Å². The van der Waals surface area contributed by atoms with Crippen molar-refractivity contribution in [1.29, 1.82) is 0 Å². The Bertz CT molecular complexity index is 510. The van der Waals surface area contributed by atoms with Crippen molar-refractivity contribution in [2.24, 2.45) is 5.92 Å². The molecule has 0 aromatic heterocycles. The summed E-state index contributed by atoms with van der Waals surface area (Å²) in [6.45, 7) is 1.61. The quantitative estimate of drug-likeness (QED) is 0.833. The molecule has 1 aromatic carbocycles. The van der Waals surface area contributed by atoms with Crippen molar-refractivity contribution in [1.82, 2.24) is 0 Å². The average Bonchev–Trinajstić information content (AvgIpc) is 2.15. The standard InChI is InChI=1S/C11H15NO4S/c1-8(11(13)14)6-9-4-3-5-10(7-9)12-17(2,15)16/h3-5,7-8,12H,6H2,1-2H3,(H,13,14). The Morgan fingerprint density at radius 2 is 2.12 bits per heavy atom. The van der Waals surface area contributed by atoms with Gasteiger partial charge in [0.25, 0.3) is 0 Å². The predicted octanol–water partition coefficient (Wildman–Crippen LogP) is 1.32. The minimum absolute atomic E-state index is 0.370. The second-order valence-electron chi connectivity index (χ2n) is 4.02. The molecule has 0 saturated carbocycles. The smallest absolute Gasteiger partial charge is 0.306 e. The maximum Gasteiger partial charge on any atom is 0.306 e. The fraction of sp³-hybridized carbons (Fsp3) is 0.364. The van der Waals surface area contributed by atoms with Crippen LogP contribution in [-0.4, -0.2) is 25.7 Å². The van der Waals surface area contributed by atoms with E-state index in [4.69, 9.17) is 5.11 Å². The van der Waals surface area contributed by atoms with Gasteiger partial charge in [0.1, 0.15) is 0 Å². The number of hydrogen-bond acceptors (Lipinski definition) is 3. The predicted molar refractivity (Wildman–Crippen MR) is 65.4 cm³/mol. The van der Waals surface area contributed by atoms with E-state index in [0.717, 1.165) is 11.8 Å². The van der Waals surface area contributed by atoms with Crippen molar-refractivity contribution in [3.05, 3.63) is 29.8 Å². The van der Waals surface area contributed by atoms with Crippen LogP contribution in [0.3, 0.4) is 0 Å². The lowest BCUT2D eigenvalue weighted by molar-refractivity contribution is -0.141. The zero-order valence-corrected chi connectivity index (χ0v) is 10.5. The molecular formula is C11H15NO4S. The number of nitrogens with one attached hydrogen (secondary N) is 1. The van der Waals surface area contributed by atoms with E-state index in [0.29, 0.717) is 12.1 Å². The van der Waals surface area contributed by atoms with Gasteiger partial charge in [0, 0.05) is 5.69 Å². The topological polar surface area (TPSA) is 83.5 Å². The molecular weight excluding hydrogens is 242 g/mol. The number of sulfonamides is 1. The molecule has 1 rings (SSSR count). The molecule has 1 atom stereocenters. The third-order valence-electron chi connectivity index (χ3n) is 2.19. The Kier molecular flexibility index (Phi) is 4.11. The molecule has 17 heavy (non-hydrogen) atoms. The van der Waals surface area contributed by atoms with E-state index in [1.165, 1.54) is 0 Å². The number of carbonyl (C=O) groups is 1. The first-order valence-corrected chi connectivity index (χ1v) is 6.96. The molecule has 0 spiro atoms. The minimum atomic E-state index is -3.31.